The van der Waals surface area contributed by atoms with E-state index in [4.69, 9.17) is 22.8 Å². The summed E-state index contributed by atoms with van der Waals surface area (Å²) < 4.78 is 18.9. The van der Waals surface area contributed by atoms with E-state index < -0.39 is 18.0 Å². The quantitative estimate of drug-likeness (QED) is 0.863. The molecule has 0 fully saturated rings. The van der Waals surface area contributed by atoms with Gasteiger partial charge in [0.05, 0.1) is 0 Å². The highest BCUT2D eigenvalue weighted by molar-refractivity contribution is 6.30. The molecule has 112 valence electrons. The van der Waals surface area contributed by atoms with Crippen LogP contribution in [-0.2, 0) is 11.3 Å². The van der Waals surface area contributed by atoms with Gasteiger partial charge >= 0.3 is 6.09 Å². The molecule has 3 nitrogen and oxygen atoms in total. The fourth-order valence-corrected chi connectivity index (χ4v) is 1.99. The second-order valence-electron chi connectivity index (χ2n) is 4.47. The number of hydrogen-bond acceptors (Lipinski definition) is 2. The van der Waals surface area contributed by atoms with Gasteiger partial charge in [-0.3, -0.25) is 0 Å². The van der Waals surface area contributed by atoms with E-state index in [-0.39, 0.29) is 17.2 Å². The minimum absolute atomic E-state index is 0.104. The van der Waals surface area contributed by atoms with Gasteiger partial charge in [0.15, 0.2) is 0 Å². The Hall–Kier alpha value is -2.51. The average Bonchev–Trinajstić information content (AvgIpc) is 2.52. The van der Waals surface area contributed by atoms with Crippen molar-refractivity contribution in [2.24, 2.45) is 0 Å². The van der Waals surface area contributed by atoms with Crippen molar-refractivity contribution < 1.29 is 13.9 Å². The van der Waals surface area contributed by atoms with Crippen LogP contribution in [0.1, 0.15) is 17.2 Å². The lowest BCUT2D eigenvalue weighted by Crippen LogP contribution is -2.28. The van der Waals surface area contributed by atoms with E-state index in [2.05, 4.69) is 11.2 Å². The van der Waals surface area contributed by atoms with E-state index >= 15 is 0 Å². The summed E-state index contributed by atoms with van der Waals surface area (Å²) in [5.41, 5.74) is 0.996. The van der Waals surface area contributed by atoms with Crippen LogP contribution in [0.4, 0.5) is 9.18 Å². The van der Waals surface area contributed by atoms with Crippen molar-refractivity contribution in [3.05, 3.63) is 70.5 Å². The van der Waals surface area contributed by atoms with Gasteiger partial charge in [0.2, 0.25) is 0 Å². The van der Waals surface area contributed by atoms with Crippen molar-refractivity contribution in [1.29, 1.82) is 0 Å². The molecule has 2 aromatic rings. The standard InChI is InChI=1S/C17H13ClFNO2/c1-2-16(14-9-8-13(18)10-15(14)19)20-17(21)22-11-12-6-4-3-5-7-12/h1,3-10,16H,11H2,(H,20,21). The maximum atomic E-state index is 13.8. The molecule has 0 aliphatic rings. The van der Waals surface area contributed by atoms with E-state index in [0.717, 1.165) is 11.6 Å². The Morgan fingerprint density at radius 3 is 2.68 bits per heavy atom. The number of nitrogens with one attached hydrogen (secondary N) is 1. The summed E-state index contributed by atoms with van der Waals surface area (Å²) in [6.07, 6.45) is 4.63. The first-order valence-electron chi connectivity index (χ1n) is 6.48. The number of alkyl carbamates (subject to hydrolysis) is 1. The number of halogens is 2. The molecule has 0 heterocycles. The van der Waals surface area contributed by atoms with Gasteiger partial charge in [-0.1, -0.05) is 53.9 Å². The number of carbonyl (C=O) groups is 1. The first kappa shape index (κ1) is 15.9. The zero-order chi connectivity index (χ0) is 15.9. The van der Waals surface area contributed by atoms with Crippen molar-refractivity contribution in [2.75, 3.05) is 0 Å². The summed E-state index contributed by atoms with van der Waals surface area (Å²) in [7, 11) is 0. The van der Waals surface area contributed by atoms with Gasteiger partial charge in [-0.2, -0.15) is 0 Å². The highest BCUT2D eigenvalue weighted by Crippen LogP contribution is 2.20. The van der Waals surface area contributed by atoms with Gasteiger partial charge in [-0.15, -0.1) is 6.42 Å². The van der Waals surface area contributed by atoms with Gasteiger partial charge in [0.1, 0.15) is 18.5 Å². The molecular weight excluding hydrogens is 305 g/mol. The van der Waals surface area contributed by atoms with E-state index in [0.29, 0.717) is 0 Å². The summed E-state index contributed by atoms with van der Waals surface area (Å²) >= 11 is 5.68. The monoisotopic (exact) mass is 317 g/mol. The van der Waals surface area contributed by atoms with Crippen LogP contribution in [0.15, 0.2) is 48.5 Å². The lowest BCUT2D eigenvalue weighted by Gasteiger charge is -2.14. The fraction of sp³-hybridized carbons (Fsp3) is 0.118. The summed E-state index contributed by atoms with van der Waals surface area (Å²) in [4.78, 5) is 11.8. The molecule has 0 saturated heterocycles. The normalized spacial score (nSPS) is 11.3. The van der Waals surface area contributed by atoms with Gasteiger partial charge in [-0.05, 0) is 17.7 Å². The van der Waals surface area contributed by atoms with E-state index in [1.807, 2.05) is 30.3 Å². The minimum atomic E-state index is -0.930. The maximum Gasteiger partial charge on any atom is 0.408 e. The molecule has 2 rings (SSSR count). The largest absolute Gasteiger partial charge is 0.445 e. The highest BCUT2D eigenvalue weighted by Gasteiger charge is 2.17. The number of hydrogen-bond donors (Lipinski definition) is 1. The van der Waals surface area contributed by atoms with Gasteiger partial charge in [-0.25, -0.2) is 9.18 Å². The summed E-state index contributed by atoms with van der Waals surface area (Å²) in [6, 6.07) is 12.3. The van der Waals surface area contributed by atoms with Crippen LogP contribution in [0.25, 0.3) is 0 Å². The lowest BCUT2D eigenvalue weighted by atomic mass is 10.1. The summed E-state index contributed by atoms with van der Waals surface area (Å²) in [5, 5.41) is 2.69. The Morgan fingerprint density at radius 1 is 1.32 bits per heavy atom. The molecule has 1 atom stereocenters. The Bertz CT molecular complexity index is 698. The smallest absolute Gasteiger partial charge is 0.408 e. The number of terminal acetylenes is 1. The second-order valence-corrected chi connectivity index (χ2v) is 4.91. The predicted octanol–water partition coefficient (Wildman–Crippen LogP) is 4.08. The fourth-order valence-electron chi connectivity index (χ4n) is 1.83. The number of rotatable bonds is 4. The van der Waals surface area contributed by atoms with Crippen LogP contribution in [-0.4, -0.2) is 6.09 Å². The Kier molecular flexibility index (Phi) is 5.40. The topological polar surface area (TPSA) is 38.3 Å². The molecule has 1 N–H and O–H groups in total. The van der Waals surface area contributed by atoms with Gasteiger partial charge in [0, 0.05) is 10.6 Å². The third kappa shape index (κ3) is 4.24. The van der Waals surface area contributed by atoms with Crippen LogP contribution in [0, 0.1) is 18.2 Å². The van der Waals surface area contributed by atoms with Crippen molar-refractivity contribution in [3.63, 3.8) is 0 Å². The number of benzene rings is 2. The van der Waals surface area contributed by atoms with Crippen LogP contribution in [0.3, 0.4) is 0 Å². The zero-order valence-electron chi connectivity index (χ0n) is 11.6. The average molecular weight is 318 g/mol. The molecule has 2 aromatic carbocycles. The van der Waals surface area contributed by atoms with Crippen LogP contribution >= 0.6 is 11.6 Å². The van der Waals surface area contributed by atoms with Crippen molar-refractivity contribution in [1.82, 2.24) is 5.32 Å². The van der Waals surface area contributed by atoms with E-state index in [1.54, 1.807) is 0 Å². The number of ether oxygens (including phenoxy) is 1. The van der Waals surface area contributed by atoms with Gasteiger partial charge in [0.25, 0.3) is 0 Å². The van der Waals surface area contributed by atoms with Crippen molar-refractivity contribution in [2.45, 2.75) is 12.6 Å². The van der Waals surface area contributed by atoms with Gasteiger partial charge < -0.3 is 10.1 Å². The van der Waals surface area contributed by atoms with Crippen molar-refractivity contribution in [3.8, 4) is 12.3 Å². The Balaban J connectivity index is 1.98. The summed E-state index contributed by atoms with van der Waals surface area (Å²) in [5.74, 6) is 1.73. The SMILES string of the molecule is C#CC(NC(=O)OCc1ccccc1)c1ccc(Cl)cc1F. The minimum Gasteiger partial charge on any atom is -0.445 e. The molecule has 0 aliphatic carbocycles. The predicted molar refractivity (Wildman–Crippen MR) is 82.7 cm³/mol. The molecular formula is C17H13ClFNO2. The van der Waals surface area contributed by atoms with E-state index in [9.17, 15) is 9.18 Å². The Morgan fingerprint density at radius 2 is 2.05 bits per heavy atom. The second kappa shape index (κ2) is 7.48. The first-order chi connectivity index (χ1) is 10.6. The molecule has 0 saturated carbocycles. The molecule has 0 spiro atoms. The number of amides is 1. The third-order valence-corrected chi connectivity index (χ3v) is 3.15. The molecule has 5 heteroatoms. The zero-order valence-corrected chi connectivity index (χ0v) is 12.3. The molecule has 0 aromatic heterocycles. The van der Waals surface area contributed by atoms with E-state index in [1.165, 1.54) is 12.1 Å². The van der Waals surface area contributed by atoms with Crippen molar-refractivity contribution >= 4 is 17.7 Å². The Labute approximate surface area is 133 Å². The maximum absolute atomic E-state index is 13.8. The highest BCUT2D eigenvalue weighted by atomic mass is 35.5. The van der Waals surface area contributed by atoms with Crippen LogP contribution in [0.5, 0.6) is 0 Å². The molecule has 22 heavy (non-hydrogen) atoms. The first-order valence-corrected chi connectivity index (χ1v) is 6.86. The number of carbonyl (C=O) groups excluding carboxylic acids is 1. The van der Waals surface area contributed by atoms with Crippen LogP contribution < -0.4 is 5.32 Å². The third-order valence-electron chi connectivity index (χ3n) is 2.92. The van der Waals surface area contributed by atoms with Crippen LogP contribution in [0.2, 0.25) is 5.02 Å². The molecule has 0 bridgehead atoms. The summed E-state index contributed by atoms with van der Waals surface area (Å²) in [6.45, 7) is 0.104. The molecule has 1 unspecified atom stereocenters. The molecule has 1 amide bonds. The molecule has 0 radical (unpaired) electrons. The molecule has 0 aliphatic heterocycles. The lowest BCUT2D eigenvalue weighted by molar-refractivity contribution is 0.137.